The van der Waals surface area contributed by atoms with E-state index in [9.17, 15) is 9.59 Å². The Morgan fingerprint density at radius 3 is 2.62 bits per heavy atom. The first-order chi connectivity index (χ1) is 7.61. The molecule has 1 atom stereocenters. The van der Waals surface area contributed by atoms with E-state index in [0.29, 0.717) is 13.2 Å². The van der Waals surface area contributed by atoms with Crippen LogP contribution in [0.15, 0.2) is 0 Å². The molecule has 0 radical (unpaired) electrons. The molecule has 0 aliphatic heterocycles. The molecule has 0 aromatic carbocycles. The Bertz CT molecular complexity index is 224. The number of Topliss-reactive ketones (excluding diaryl/α,β-unsaturated/α-hetero) is 1. The molecule has 0 bridgehead atoms. The molecular weight excluding hydrogens is 210 g/mol. The highest BCUT2D eigenvalue weighted by Gasteiger charge is 2.11. The molecule has 0 fully saturated rings. The van der Waals surface area contributed by atoms with E-state index < -0.39 is 0 Å². The molecule has 0 aromatic rings. The van der Waals surface area contributed by atoms with Crippen molar-refractivity contribution < 1.29 is 20.5 Å². The van der Waals surface area contributed by atoms with Crippen molar-refractivity contribution in [3.05, 3.63) is 0 Å². The number of ketones is 1. The summed E-state index contributed by atoms with van der Waals surface area (Å²) in [6, 6.07) is 0. The smallest absolute Gasteiger partial charge is 0.246 e. The Hall–Kier alpha value is -0.940. The SMILES string of the molecule is CCC(C)C(=O)COCC(=O)NCCOC.[HH]. The van der Waals surface area contributed by atoms with E-state index >= 15 is 0 Å². The number of hydrogen-bond donors (Lipinski definition) is 1. The number of rotatable bonds is 9. The first kappa shape index (κ1) is 15.1. The normalized spacial score (nSPS) is 12.2. The van der Waals surface area contributed by atoms with Gasteiger partial charge in [0.2, 0.25) is 5.91 Å². The van der Waals surface area contributed by atoms with Gasteiger partial charge in [0, 0.05) is 21.0 Å². The van der Waals surface area contributed by atoms with Gasteiger partial charge in [-0.3, -0.25) is 9.59 Å². The molecule has 1 N–H and O–H groups in total. The van der Waals surface area contributed by atoms with Crippen molar-refractivity contribution >= 4 is 11.7 Å². The van der Waals surface area contributed by atoms with Crippen molar-refractivity contribution in [2.75, 3.05) is 33.5 Å². The Balaban J connectivity index is 0. The fourth-order valence-corrected chi connectivity index (χ4v) is 0.958. The Labute approximate surface area is 98.0 Å². The van der Waals surface area contributed by atoms with Gasteiger partial charge in [-0.15, -0.1) is 0 Å². The summed E-state index contributed by atoms with van der Waals surface area (Å²) in [5.41, 5.74) is 0. The molecule has 0 rings (SSSR count). The van der Waals surface area contributed by atoms with Crippen LogP contribution in [-0.2, 0) is 19.1 Å². The van der Waals surface area contributed by atoms with Gasteiger partial charge in [-0.1, -0.05) is 13.8 Å². The van der Waals surface area contributed by atoms with Gasteiger partial charge in [-0.25, -0.2) is 0 Å². The molecule has 5 heteroatoms. The average Bonchev–Trinajstić information content (AvgIpc) is 2.28. The predicted molar refractivity (Wildman–Crippen MR) is 62.3 cm³/mol. The number of hydrogen-bond acceptors (Lipinski definition) is 4. The van der Waals surface area contributed by atoms with Crippen molar-refractivity contribution in [1.82, 2.24) is 5.32 Å². The number of nitrogens with one attached hydrogen (secondary N) is 1. The zero-order valence-electron chi connectivity index (χ0n) is 10.2. The molecule has 0 saturated carbocycles. The quantitative estimate of drug-likeness (QED) is 0.593. The highest BCUT2D eigenvalue weighted by Crippen LogP contribution is 2.01. The van der Waals surface area contributed by atoms with Gasteiger partial charge in [-0.2, -0.15) is 0 Å². The Kier molecular flexibility index (Phi) is 8.75. The number of ether oxygens (including phenoxy) is 2. The fraction of sp³-hybridized carbons (Fsp3) is 0.818. The van der Waals surface area contributed by atoms with E-state index in [2.05, 4.69) is 5.32 Å². The lowest BCUT2D eigenvalue weighted by Crippen LogP contribution is -2.31. The first-order valence-electron chi connectivity index (χ1n) is 5.47. The Morgan fingerprint density at radius 1 is 1.38 bits per heavy atom. The third-order valence-electron chi connectivity index (χ3n) is 2.27. The fourth-order valence-electron chi connectivity index (χ4n) is 0.958. The summed E-state index contributed by atoms with van der Waals surface area (Å²) < 4.78 is 9.78. The lowest BCUT2D eigenvalue weighted by Gasteiger charge is -2.08. The predicted octanol–water partition coefficient (Wildman–Crippen LogP) is 0.627. The molecule has 96 valence electrons. The van der Waals surface area contributed by atoms with Crippen LogP contribution in [0.5, 0.6) is 0 Å². The van der Waals surface area contributed by atoms with E-state index in [1.807, 2.05) is 13.8 Å². The highest BCUT2D eigenvalue weighted by molar-refractivity contribution is 5.82. The molecule has 16 heavy (non-hydrogen) atoms. The maximum Gasteiger partial charge on any atom is 0.246 e. The number of methoxy groups -OCH3 is 1. The van der Waals surface area contributed by atoms with Crippen molar-refractivity contribution in [3.63, 3.8) is 0 Å². The van der Waals surface area contributed by atoms with Gasteiger partial charge in [0.15, 0.2) is 5.78 Å². The van der Waals surface area contributed by atoms with E-state index in [0.717, 1.165) is 6.42 Å². The van der Waals surface area contributed by atoms with Crippen LogP contribution in [0.1, 0.15) is 21.7 Å². The number of carbonyl (C=O) groups excluding carboxylic acids is 2. The molecule has 1 amide bonds. The van der Waals surface area contributed by atoms with Crippen LogP contribution < -0.4 is 5.32 Å². The molecule has 0 saturated heterocycles. The van der Waals surface area contributed by atoms with Crippen molar-refractivity contribution in [3.8, 4) is 0 Å². The first-order valence-corrected chi connectivity index (χ1v) is 5.47. The van der Waals surface area contributed by atoms with E-state index in [4.69, 9.17) is 9.47 Å². The van der Waals surface area contributed by atoms with Crippen LogP contribution in [0.4, 0.5) is 0 Å². The minimum absolute atomic E-state index is 0. The minimum Gasteiger partial charge on any atom is -0.383 e. The molecule has 0 heterocycles. The van der Waals surface area contributed by atoms with Crippen molar-refractivity contribution in [1.29, 1.82) is 0 Å². The second-order valence-electron chi connectivity index (χ2n) is 3.61. The number of amides is 1. The average molecular weight is 233 g/mol. The summed E-state index contributed by atoms with van der Waals surface area (Å²) in [7, 11) is 1.56. The maximum absolute atomic E-state index is 11.3. The van der Waals surface area contributed by atoms with Crippen LogP contribution in [0.2, 0.25) is 0 Å². The summed E-state index contributed by atoms with van der Waals surface area (Å²) in [5, 5.41) is 2.60. The summed E-state index contributed by atoms with van der Waals surface area (Å²) in [6.45, 7) is 4.65. The lowest BCUT2D eigenvalue weighted by atomic mass is 10.1. The van der Waals surface area contributed by atoms with E-state index in [-0.39, 0.29) is 32.2 Å². The van der Waals surface area contributed by atoms with Gasteiger partial charge >= 0.3 is 0 Å². The topological polar surface area (TPSA) is 64.6 Å². The van der Waals surface area contributed by atoms with Gasteiger partial charge < -0.3 is 14.8 Å². The summed E-state index contributed by atoms with van der Waals surface area (Å²) in [5.74, 6) is -0.197. The van der Waals surface area contributed by atoms with Crippen LogP contribution in [-0.4, -0.2) is 45.2 Å². The monoisotopic (exact) mass is 233 g/mol. The zero-order chi connectivity index (χ0) is 12.4. The molecular formula is C11H23NO4. The minimum atomic E-state index is -0.228. The summed E-state index contributed by atoms with van der Waals surface area (Å²) in [6.07, 6.45) is 0.794. The molecule has 0 aromatic heterocycles. The number of carbonyl (C=O) groups is 2. The van der Waals surface area contributed by atoms with Crippen molar-refractivity contribution in [2.45, 2.75) is 20.3 Å². The summed E-state index contributed by atoms with van der Waals surface area (Å²) >= 11 is 0. The summed E-state index contributed by atoms with van der Waals surface area (Å²) in [4.78, 5) is 22.5. The maximum atomic E-state index is 11.3. The Morgan fingerprint density at radius 2 is 2.06 bits per heavy atom. The largest absolute Gasteiger partial charge is 0.383 e. The van der Waals surface area contributed by atoms with E-state index in [1.54, 1.807) is 7.11 Å². The van der Waals surface area contributed by atoms with Gasteiger partial charge in [0.25, 0.3) is 0 Å². The molecule has 1 unspecified atom stereocenters. The van der Waals surface area contributed by atoms with Crippen LogP contribution in [0.25, 0.3) is 0 Å². The molecule has 0 aliphatic carbocycles. The van der Waals surface area contributed by atoms with E-state index in [1.165, 1.54) is 0 Å². The molecule has 5 nitrogen and oxygen atoms in total. The van der Waals surface area contributed by atoms with Crippen LogP contribution in [0, 0.1) is 5.92 Å². The second-order valence-corrected chi connectivity index (χ2v) is 3.61. The van der Waals surface area contributed by atoms with Crippen LogP contribution >= 0.6 is 0 Å². The highest BCUT2D eigenvalue weighted by atomic mass is 16.5. The van der Waals surface area contributed by atoms with Gasteiger partial charge in [0.05, 0.1) is 6.61 Å². The van der Waals surface area contributed by atoms with Crippen molar-refractivity contribution in [2.24, 2.45) is 5.92 Å². The standard InChI is InChI=1S/C11H21NO4.H2/c1-4-9(2)10(13)7-16-8-11(14)12-5-6-15-3;/h9H,4-8H2,1-3H3,(H,12,14);1H. The van der Waals surface area contributed by atoms with Crippen LogP contribution in [0.3, 0.4) is 0 Å². The zero-order valence-corrected chi connectivity index (χ0v) is 10.2. The third-order valence-corrected chi connectivity index (χ3v) is 2.27. The van der Waals surface area contributed by atoms with Gasteiger partial charge in [0.1, 0.15) is 13.2 Å². The lowest BCUT2D eigenvalue weighted by molar-refractivity contribution is -0.131. The van der Waals surface area contributed by atoms with Gasteiger partial charge in [-0.05, 0) is 6.42 Å². The molecule has 0 spiro atoms. The second kappa shape index (κ2) is 9.30. The molecule has 0 aliphatic rings. The third kappa shape index (κ3) is 7.36.